The maximum Gasteiger partial charge on any atom is 0.229 e. The number of nitrogens with zero attached hydrogens (tertiary/aromatic N) is 1. The number of rotatable bonds is 4. The molecule has 0 spiro atoms. The first-order valence-electron chi connectivity index (χ1n) is 6.96. The average molecular weight is 268 g/mol. The molecule has 0 bridgehead atoms. The van der Waals surface area contributed by atoms with Crippen molar-refractivity contribution >= 4 is 11.8 Å². The minimum atomic E-state index is -0.199. The van der Waals surface area contributed by atoms with E-state index in [1.165, 1.54) is 4.90 Å². The van der Waals surface area contributed by atoms with Crippen LogP contribution in [0.2, 0.25) is 0 Å². The standard InChI is InChI=1S/C13H22N2O2.C2H6/c1-9(2)14-10(3)8-15-11(16)6-13(4,5)7-12(15)17;1-2/h10,14H,1,6-8H2,2-5H3;1-2H3. The third-order valence-corrected chi connectivity index (χ3v) is 2.81. The molecule has 1 unspecified atom stereocenters. The molecule has 1 fully saturated rings. The van der Waals surface area contributed by atoms with Crippen molar-refractivity contribution in [1.29, 1.82) is 0 Å². The highest BCUT2D eigenvalue weighted by Gasteiger charge is 2.37. The molecule has 0 aliphatic carbocycles. The van der Waals surface area contributed by atoms with Gasteiger partial charge in [-0.05, 0) is 19.3 Å². The number of nitrogens with one attached hydrogen (secondary N) is 1. The van der Waals surface area contributed by atoms with Gasteiger partial charge in [0.05, 0.1) is 0 Å². The summed E-state index contributed by atoms with van der Waals surface area (Å²) < 4.78 is 0. The molecule has 0 radical (unpaired) electrons. The summed E-state index contributed by atoms with van der Waals surface area (Å²) in [5, 5.41) is 3.11. The van der Waals surface area contributed by atoms with Crippen LogP contribution in [-0.4, -0.2) is 29.3 Å². The van der Waals surface area contributed by atoms with Gasteiger partial charge in [0.15, 0.2) is 0 Å². The molecular weight excluding hydrogens is 240 g/mol. The molecule has 1 N–H and O–H groups in total. The fourth-order valence-electron chi connectivity index (χ4n) is 2.15. The molecular formula is C15H28N2O2. The van der Waals surface area contributed by atoms with Crippen molar-refractivity contribution in [1.82, 2.24) is 10.2 Å². The van der Waals surface area contributed by atoms with Gasteiger partial charge in [-0.25, -0.2) is 0 Å². The van der Waals surface area contributed by atoms with E-state index < -0.39 is 0 Å². The minimum Gasteiger partial charge on any atom is -0.385 e. The Bertz CT molecular complexity index is 328. The Morgan fingerprint density at radius 2 is 1.74 bits per heavy atom. The lowest BCUT2D eigenvalue weighted by molar-refractivity contribution is -0.152. The van der Waals surface area contributed by atoms with Crippen molar-refractivity contribution in [3.63, 3.8) is 0 Å². The molecule has 19 heavy (non-hydrogen) atoms. The van der Waals surface area contributed by atoms with Gasteiger partial charge in [0, 0.05) is 31.1 Å². The van der Waals surface area contributed by atoms with E-state index in [2.05, 4.69) is 11.9 Å². The summed E-state index contributed by atoms with van der Waals surface area (Å²) in [5.41, 5.74) is 0.644. The predicted octanol–water partition coefficient (Wildman–Crippen LogP) is 2.70. The molecule has 0 aromatic rings. The van der Waals surface area contributed by atoms with Crippen molar-refractivity contribution in [2.75, 3.05) is 6.54 Å². The molecule has 1 heterocycles. The Hall–Kier alpha value is -1.32. The molecule has 0 aromatic carbocycles. The van der Waals surface area contributed by atoms with Crippen LogP contribution < -0.4 is 5.32 Å². The highest BCUT2D eigenvalue weighted by Crippen LogP contribution is 2.31. The monoisotopic (exact) mass is 268 g/mol. The summed E-state index contributed by atoms with van der Waals surface area (Å²) in [7, 11) is 0. The van der Waals surface area contributed by atoms with Crippen LogP contribution in [0.4, 0.5) is 0 Å². The van der Waals surface area contributed by atoms with Gasteiger partial charge in [-0.1, -0.05) is 34.3 Å². The predicted molar refractivity (Wildman–Crippen MR) is 78.5 cm³/mol. The Morgan fingerprint density at radius 3 is 2.11 bits per heavy atom. The molecule has 1 aliphatic heterocycles. The van der Waals surface area contributed by atoms with Gasteiger partial charge >= 0.3 is 0 Å². The third kappa shape index (κ3) is 5.90. The van der Waals surface area contributed by atoms with Gasteiger partial charge < -0.3 is 5.32 Å². The van der Waals surface area contributed by atoms with E-state index in [0.717, 1.165) is 5.70 Å². The van der Waals surface area contributed by atoms with Crippen LogP contribution in [0.1, 0.15) is 54.4 Å². The first-order valence-corrected chi connectivity index (χ1v) is 6.96. The maximum absolute atomic E-state index is 11.9. The Labute approximate surface area is 117 Å². The molecule has 4 heteroatoms. The Morgan fingerprint density at radius 1 is 1.32 bits per heavy atom. The molecule has 1 aliphatic rings. The number of likely N-dealkylation sites (tertiary alicyclic amines) is 1. The molecule has 110 valence electrons. The van der Waals surface area contributed by atoms with Crippen LogP contribution in [-0.2, 0) is 9.59 Å². The van der Waals surface area contributed by atoms with E-state index in [1.54, 1.807) is 0 Å². The van der Waals surface area contributed by atoms with Gasteiger partial charge in [-0.3, -0.25) is 14.5 Å². The largest absolute Gasteiger partial charge is 0.385 e. The summed E-state index contributed by atoms with van der Waals surface area (Å²) in [5.74, 6) is -0.136. The fraction of sp³-hybridized carbons (Fsp3) is 0.733. The smallest absolute Gasteiger partial charge is 0.229 e. The van der Waals surface area contributed by atoms with E-state index in [4.69, 9.17) is 0 Å². The van der Waals surface area contributed by atoms with E-state index >= 15 is 0 Å². The van der Waals surface area contributed by atoms with Gasteiger partial charge in [0.1, 0.15) is 0 Å². The van der Waals surface area contributed by atoms with E-state index in [0.29, 0.717) is 19.4 Å². The summed E-state index contributed by atoms with van der Waals surface area (Å²) in [6, 6.07) is 0.0432. The number of carbonyl (C=O) groups is 2. The first-order chi connectivity index (χ1) is 8.71. The van der Waals surface area contributed by atoms with Crippen molar-refractivity contribution in [3.8, 4) is 0 Å². The lowest BCUT2D eigenvalue weighted by Crippen LogP contribution is -2.50. The summed E-state index contributed by atoms with van der Waals surface area (Å²) >= 11 is 0. The van der Waals surface area contributed by atoms with Crippen LogP contribution in [0.3, 0.4) is 0 Å². The second-order valence-corrected chi connectivity index (χ2v) is 5.74. The molecule has 2 amide bonds. The quantitative estimate of drug-likeness (QED) is 0.798. The number of allylic oxidation sites excluding steroid dienone is 1. The zero-order valence-electron chi connectivity index (χ0n) is 13.2. The van der Waals surface area contributed by atoms with E-state index in [-0.39, 0.29) is 23.3 Å². The zero-order valence-corrected chi connectivity index (χ0v) is 13.2. The number of amides is 2. The van der Waals surface area contributed by atoms with Crippen LogP contribution in [0.5, 0.6) is 0 Å². The summed E-state index contributed by atoms with van der Waals surface area (Å²) in [6.07, 6.45) is 0.886. The van der Waals surface area contributed by atoms with Crippen molar-refractivity contribution in [2.45, 2.75) is 60.4 Å². The van der Waals surface area contributed by atoms with Crippen molar-refractivity contribution in [3.05, 3.63) is 12.3 Å². The molecule has 0 saturated carbocycles. The molecule has 1 atom stereocenters. The zero-order chi connectivity index (χ0) is 15.2. The fourth-order valence-corrected chi connectivity index (χ4v) is 2.15. The van der Waals surface area contributed by atoms with Gasteiger partial charge in [0.2, 0.25) is 11.8 Å². The summed E-state index contributed by atoms with van der Waals surface area (Å²) in [4.78, 5) is 25.2. The van der Waals surface area contributed by atoms with Gasteiger partial charge in [-0.15, -0.1) is 0 Å². The first kappa shape index (κ1) is 17.7. The molecule has 1 saturated heterocycles. The maximum atomic E-state index is 11.9. The number of hydrogen-bond donors (Lipinski definition) is 1. The normalized spacial score (nSPS) is 19.4. The number of carbonyl (C=O) groups excluding carboxylic acids is 2. The number of hydrogen-bond acceptors (Lipinski definition) is 3. The molecule has 0 aromatic heterocycles. The highest BCUT2D eigenvalue weighted by atomic mass is 16.2. The Kier molecular flexibility index (Phi) is 6.81. The number of piperidine rings is 1. The third-order valence-electron chi connectivity index (χ3n) is 2.81. The van der Waals surface area contributed by atoms with Crippen LogP contribution >= 0.6 is 0 Å². The highest BCUT2D eigenvalue weighted by molar-refractivity contribution is 5.98. The second-order valence-electron chi connectivity index (χ2n) is 5.74. The lowest BCUT2D eigenvalue weighted by atomic mass is 9.81. The minimum absolute atomic E-state index is 0.0432. The topological polar surface area (TPSA) is 49.4 Å². The van der Waals surface area contributed by atoms with Gasteiger partial charge in [-0.2, -0.15) is 0 Å². The van der Waals surface area contributed by atoms with Crippen molar-refractivity contribution < 1.29 is 9.59 Å². The lowest BCUT2D eigenvalue weighted by Gasteiger charge is -2.36. The molecule has 1 rings (SSSR count). The van der Waals surface area contributed by atoms with E-state index in [9.17, 15) is 9.59 Å². The van der Waals surface area contributed by atoms with Gasteiger partial charge in [0.25, 0.3) is 0 Å². The SMILES string of the molecule is C=C(C)NC(C)CN1C(=O)CC(C)(C)CC1=O.CC. The van der Waals surface area contributed by atoms with E-state index in [1.807, 2.05) is 41.5 Å². The summed E-state index contributed by atoms with van der Waals surface area (Å²) in [6.45, 7) is 15.9. The average Bonchev–Trinajstić information content (AvgIpc) is 2.24. The Balaban J connectivity index is 0.00000154. The van der Waals surface area contributed by atoms with Crippen LogP contribution in [0.25, 0.3) is 0 Å². The molecule has 4 nitrogen and oxygen atoms in total. The van der Waals surface area contributed by atoms with Crippen molar-refractivity contribution in [2.24, 2.45) is 5.41 Å². The second kappa shape index (κ2) is 7.31. The van der Waals surface area contributed by atoms with Crippen LogP contribution in [0, 0.1) is 5.41 Å². The van der Waals surface area contributed by atoms with Crippen LogP contribution in [0.15, 0.2) is 12.3 Å². The number of imide groups is 1.